The monoisotopic (exact) mass is 281 g/mol. The van der Waals surface area contributed by atoms with Crippen LogP contribution in [0.1, 0.15) is 39.0 Å². The van der Waals surface area contributed by atoms with E-state index in [1.54, 1.807) is 4.90 Å². The molecule has 1 atom stereocenters. The Labute approximate surface area is 119 Å². The number of allylic oxidation sites excluding steroid dienone is 1. The molecule has 2 aliphatic rings. The van der Waals surface area contributed by atoms with Gasteiger partial charge in [-0.15, -0.1) is 0 Å². The Morgan fingerprint density at radius 3 is 2.65 bits per heavy atom. The number of carbonyl (C=O) groups excluding carboxylic acids is 1. The molecule has 1 aliphatic heterocycles. The van der Waals surface area contributed by atoms with E-state index in [2.05, 4.69) is 0 Å². The average molecular weight is 281 g/mol. The van der Waals surface area contributed by atoms with Crippen molar-refractivity contribution in [1.29, 1.82) is 0 Å². The summed E-state index contributed by atoms with van der Waals surface area (Å²) in [6, 6.07) is 0. The Balaban J connectivity index is 2.15. The van der Waals surface area contributed by atoms with Crippen LogP contribution in [-0.2, 0) is 14.3 Å². The summed E-state index contributed by atoms with van der Waals surface area (Å²) in [6.45, 7) is 3.06. The minimum Gasteiger partial charge on any atom is -0.481 e. The van der Waals surface area contributed by atoms with Gasteiger partial charge in [0.2, 0.25) is 5.91 Å². The predicted octanol–water partition coefficient (Wildman–Crippen LogP) is 1.83. The van der Waals surface area contributed by atoms with Crippen LogP contribution in [0, 0.1) is 5.41 Å². The third kappa shape index (κ3) is 2.73. The zero-order valence-corrected chi connectivity index (χ0v) is 12.3. The standard InChI is InChI=1S/C15H23NO4/c1-11-5-3-6-12(11)13(17)16-8-4-7-15(9-16,10-20-2)14(18)19/h3-10H2,1-2H3,(H,18,19). The van der Waals surface area contributed by atoms with Crippen LogP contribution in [0.3, 0.4) is 0 Å². The maximum atomic E-state index is 12.6. The molecule has 1 N–H and O–H groups in total. The number of hydrogen-bond acceptors (Lipinski definition) is 3. The van der Waals surface area contributed by atoms with Gasteiger partial charge in [-0.3, -0.25) is 9.59 Å². The molecule has 1 unspecified atom stereocenters. The largest absolute Gasteiger partial charge is 0.481 e. The number of piperidine rings is 1. The molecular weight excluding hydrogens is 258 g/mol. The molecule has 1 fully saturated rings. The molecule has 1 heterocycles. The number of rotatable bonds is 4. The van der Waals surface area contributed by atoms with Crippen LogP contribution in [0.4, 0.5) is 0 Å². The molecule has 0 spiro atoms. The van der Waals surface area contributed by atoms with Gasteiger partial charge >= 0.3 is 5.97 Å². The first-order valence-corrected chi connectivity index (χ1v) is 7.20. The number of ether oxygens (including phenoxy) is 1. The Morgan fingerprint density at radius 2 is 2.10 bits per heavy atom. The van der Waals surface area contributed by atoms with E-state index >= 15 is 0 Å². The maximum absolute atomic E-state index is 12.6. The molecule has 0 aromatic heterocycles. The smallest absolute Gasteiger partial charge is 0.313 e. The van der Waals surface area contributed by atoms with E-state index < -0.39 is 11.4 Å². The second kappa shape index (κ2) is 5.95. The average Bonchev–Trinajstić information content (AvgIpc) is 2.84. The molecule has 0 saturated carbocycles. The molecule has 0 radical (unpaired) electrons. The lowest BCUT2D eigenvalue weighted by molar-refractivity contribution is -0.158. The van der Waals surface area contributed by atoms with Crippen LogP contribution in [0.2, 0.25) is 0 Å². The quantitative estimate of drug-likeness (QED) is 0.853. The highest BCUT2D eigenvalue weighted by molar-refractivity contribution is 5.95. The summed E-state index contributed by atoms with van der Waals surface area (Å²) in [6.07, 6.45) is 4.12. The number of carboxylic acids is 1. The van der Waals surface area contributed by atoms with Crippen molar-refractivity contribution in [1.82, 2.24) is 4.90 Å². The molecule has 1 amide bonds. The number of hydrogen-bond donors (Lipinski definition) is 1. The minimum absolute atomic E-state index is 0.0291. The van der Waals surface area contributed by atoms with E-state index in [0.717, 1.165) is 30.4 Å². The second-order valence-electron chi connectivity index (χ2n) is 5.96. The van der Waals surface area contributed by atoms with Crippen molar-refractivity contribution in [2.75, 3.05) is 26.8 Å². The molecule has 5 nitrogen and oxygen atoms in total. The maximum Gasteiger partial charge on any atom is 0.313 e. The predicted molar refractivity (Wildman–Crippen MR) is 74.3 cm³/mol. The van der Waals surface area contributed by atoms with Crippen LogP contribution < -0.4 is 0 Å². The molecule has 0 bridgehead atoms. The summed E-state index contributed by atoms with van der Waals surface area (Å²) in [5, 5.41) is 9.51. The van der Waals surface area contributed by atoms with Crippen LogP contribution in [-0.4, -0.2) is 48.7 Å². The number of amides is 1. The number of methoxy groups -OCH3 is 1. The van der Waals surface area contributed by atoms with Crippen LogP contribution >= 0.6 is 0 Å². The number of likely N-dealkylation sites (tertiary alicyclic amines) is 1. The van der Waals surface area contributed by atoms with E-state index in [-0.39, 0.29) is 19.1 Å². The number of carbonyl (C=O) groups is 2. The van der Waals surface area contributed by atoms with Gasteiger partial charge in [0.15, 0.2) is 0 Å². The fourth-order valence-electron chi connectivity index (χ4n) is 3.31. The topological polar surface area (TPSA) is 66.8 Å². The molecule has 20 heavy (non-hydrogen) atoms. The highest BCUT2D eigenvalue weighted by Crippen LogP contribution is 2.33. The van der Waals surface area contributed by atoms with Crippen molar-refractivity contribution in [2.24, 2.45) is 5.41 Å². The first kappa shape index (κ1) is 15.0. The SMILES string of the molecule is COCC1(C(=O)O)CCCN(C(=O)C2=C(C)CCC2)C1. The molecular formula is C15H23NO4. The third-order valence-corrected chi connectivity index (χ3v) is 4.49. The molecule has 0 aromatic carbocycles. The lowest BCUT2D eigenvalue weighted by Gasteiger charge is -2.39. The summed E-state index contributed by atoms with van der Waals surface area (Å²) in [4.78, 5) is 25.9. The van der Waals surface area contributed by atoms with Crippen LogP contribution in [0.5, 0.6) is 0 Å². The Morgan fingerprint density at radius 1 is 1.35 bits per heavy atom. The Hall–Kier alpha value is -1.36. The van der Waals surface area contributed by atoms with Crippen molar-refractivity contribution in [3.8, 4) is 0 Å². The molecule has 1 aliphatic carbocycles. The van der Waals surface area contributed by atoms with Crippen LogP contribution in [0.25, 0.3) is 0 Å². The number of aliphatic carboxylic acids is 1. The van der Waals surface area contributed by atoms with Crippen molar-refractivity contribution >= 4 is 11.9 Å². The zero-order valence-electron chi connectivity index (χ0n) is 12.3. The Bertz CT molecular complexity index is 439. The van der Waals surface area contributed by atoms with Gasteiger partial charge in [-0.2, -0.15) is 0 Å². The highest BCUT2D eigenvalue weighted by Gasteiger charge is 2.44. The molecule has 0 aromatic rings. The van der Waals surface area contributed by atoms with Crippen molar-refractivity contribution in [2.45, 2.75) is 39.0 Å². The summed E-state index contributed by atoms with van der Waals surface area (Å²) < 4.78 is 5.09. The van der Waals surface area contributed by atoms with Gasteiger partial charge in [0, 0.05) is 25.8 Å². The summed E-state index contributed by atoms with van der Waals surface area (Å²) in [7, 11) is 1.51. The first-order chi connectivity index (χ1) is 9.50. The third-order valence-electron chi connectivity index (χ3n) is 4.49. The van der Waals surface area contributed by atoms with E-state index in [4.69, 9.17) is 4.74 Å². The molecule has 2 rings (SSSR count). The van der Waals surface area contributed by atoms with E-state index in [1.165, 1.54) is 7.11 Å². The fraction of sp³-hybridized carbons (Fsp3) is 0.733. The summed E-state index contributed by atoms with van der Waals surface area (Å²) in [5.74, 6) is -0.838. The molecule has 5 heteroatoms. The highest BCUT2D eigenvalue weighted by atomic mass is 16.5. The van der Waals surface area contributed by atoms with Crippen molar-refractivity contribution < 1.29 is 19.4 Å². The number of carboxylic acid groups (broad SMARTS) is 1. The zero-order chi connectivity index (χ0) is 14.8. The Kier molecular flexibility index (Phi) is 4.48. The van der Waals surface area contributed by atoms with Gasteiger partial charge in [0.25, 0.3) is 0 Å². The van der Waals surface area contributed by atoms with Gasteiger partial charge in [-0.25, -0.2) is 0 Å². The molecule has 1 saturated heterocycles. The van der Waals surface area contributed by atoms with Crippen molar-refractivity contribution in [3.63, 3.8) is 0 Å². The first-order valence-electron chi connectivity index (χ1n) is 7.20. The molecule has 112 valence electrons. The van der Waals surface area contributed by atoms with Gasteiger partial charge < -0.3 is 14.7 Å². The lowest BCUT2D eigenvalue weighted by atomic mass is 9.80. The normalized spacial score (nSPS) is 27.0. The fourth-order valence-corrected chi connectivity index (χ4v) is 3.31. The van der Waals surface area contributed by atoms with E-state index in [0.29, 0.717) is 19.4 Å². The van der Waals surface area contributed by atoms with Gasteiger partial charge in [-0.1, -0.05) is 5.57 Å². The van der Waals surface area contributed by atoms with Crippen LogP contribution in [0.15, 0.2) is 11.1 Å². The number of nitrogens with zero attached hydrogens (tertiary/aromatic N) is 1. The lowest BCUT2D eigenvalue weighted by Crippen LogP contribution is -2.52. The van der Waals surface area contributed by atoms with Gasteiger partial charge in [-0.05, 0) is 39.0 Å². The summed E-state index contributed by atoms with van der Waals surface area (Å²) >= 11 is 0. The van der Waals surface area contributed by atoms with E-state index in [1.807, 2.05) is 6.92 Å². The van der Waals surface area contributed by atoms with Gasteiger partial charge in [0.05, 0.1) is 6.61 Å². The van der Waals surface area contributed by atoms with Gasteiger partial charge in [0.1, 0.15) is 5.41 Å². The van der Waals surface area contributed by atoms with Crippen molar-refractivity contribution in [3.05, 3.63) is 11.1 Å². The minimum atomic E-state index is -0.949. The summed E-state index contributed by atoms with van der Waals surface area (Å²) in [5.41, 5.74) is 1.10. The second-order valence-corrected chi connectivity index (χ2v) is 5.96. The van der Waals surface area contributed by atoms with E-state index in [9.17, 15) is 14.7 Å².